The third-order valence-corrected chi connectivity index (χ3v) is 2.70. The van der Waals surface area contributed by atoms with Crippen LogP contribution in [0.15, 0.2) is 0 Å². The third-order valence-electron chi connectivity index (χ3n) is 2.70. The molecule has 0 N–H and O–H groups in total. The zero-order valence-electron chi connectivity index (χ0n) is 8.86. The summed E-state index contributed by atoms with van der Waals surface area (Å²) in [7, 11) is 0. The number of rotatable bonds is 4. The van der Waals surface area contributed by atoms with Crippen molar-refractivity contribution >= 4 is 11.7 Å². The third kappa shape index (κ3) is 1.89. The van der Waals surface area contributed by atoms with Crippen molar-refractivity contribution in [1.29, 1.82) is 0 Å². The molecule has 2 saturated heterocycles. The molecule has 0 aromatic carbocycles. The van der Waals surface area contributed by atoms with Crippen LogP contribution < -0.4 is 0 Å². The molecule has 2 rings (SSSR count). The number of fused-ring (bicyclic) bond motifs is 1. The molecule has 0 saturated carbocycles. The van der Waals surface area contributed by atoms with Crippen LogP contribution in [0.5, 0.6) is 0 Å². The lowest BCUT2D eigenvalue weighted by atomic mass is 9.98. The van der Waals surface area contributed by atoms with Gasteiger partial charge in [-0.1, -0.05) is 13.3 Å². The summed E-state index contributed by atoms with van der Waals surface area (Å²) in [6.45, 7) is 4.50. The van der Waals surface area contributed by atoms with E-state index in [1.54, 1.807) is 9.96 Å². The summed E-state index contributed by atoms with van der Waals surface area (Å²) >= 11 is 0. The molecule has 83 valence electrons. The van der Waals surface area contributed by atoms with Crippen molar-refractivity contribution < 1.29 is 14.4 Å². The molecule has 0 aliphatic carbocycles. The standard InChI is InChI=1S/C10H15N2O3/c1-2-3-6-15-11-4-5-12-8(7-11)9(13)10(12)14/h2-7H2,1H3. The minimum absolute atomic E-state index is 0.348. The van der Waals surface area contributed by atoms with Crippen molar-refractivity contribution in [1.82, 2.24) is 9.96 Å². The second kappa shape index (κ2) is 4.28. The molecule has 1 amide bonds. The van der Waals surface area contributed by atoms with Gasteiger partial charge in [-0.2, -0.15) is 5.06 Å². The van der Waals surface area contributed by atoms with E-state index in [1.165, 1.54) is 0 Å². The van der Waals surface area contributed by atoms with E-state index < -0.39 is 0 Å². The number of nitrogens with zero attached hydrogens (tertiary/aromatic N) is 2. The molecule has 0 spiro atoms. The number of β-lactam (4-membered cyclic amide) rings is 1. The Kier molecular flexibility index (Phi) is 3.02. The van der Waals surface area contributed by atoms with Gasteiger partial charge < -0.3 is 4.90 Å². The van der Waals surface area contributed by atoms with Crippen LogP contribution in [0.2, 0.25) is 0 Å². The number of hydrogen-bond acceptors (Lipinski definition) is 4. The molecular weight excluding hydrogens is 196 g/mol. The molecule has 0 bridgehead atoms. The fourth-order valence-electron chi connectivity index (χ4n) is 1.74. The molecular formula is C10H15N2O3. The first-order valence-corrected chi connectivity index (χ1v) is 5.34. The van der Waals surface area contributed by atoms with Crippen LogP contribution in [0.1, 0.15) is 19.8 Å². The number of hydroxylamine groups is 2. The van der Waals surface area contributed by atoms with Crippen molar-refractivity contribution in [2.75, 3.05) is 26.2 Å². The van der Waals surface area contributed by atoms with E-state index in [1.807, 2.05) is 0 Å². The van der Waals surface area contributed by atoms with Crippen LogP contribution >= 0.6 is 0 Å². The van der Waals surface area contributed by atoms with Crippen LogP contribution in [-0.2, 0) is 14.4 Å². The number of amides is 1. The van der Waals surface area contributed by atoms with E-state index in [-0.39, 0.29) is 11.7 Å². The number of unbranched alkanes of at least 4 members (excludes halogenated alkanes) is 1. The quantitative estimate of drug-likeness (QED) is 0.372. The Balaban J connectivity index is 1.78. The number of piperazine rings is 1. The molecule has 0 aromatic rings. The average molecular weight is 211 g/mol. The van der Waals surface area contributed by atoms with Gasteiger partial charge in [0.25, 0.3) is 5.91 Å². The summed E-state index contributed by atoms with van der Waals surface area (Å²) in [4.78, 5) is 29.2. The van der Waals surface area contributed by atoms with Gasteiger partial charge in [0.2, 0.25) is 5.78 Å². The highest BCUT2D eigenvalue weighted by molar-refractivity contribution is 6.48. The largest absolute Gasteiger partial charge is 0.317 e. The highest BCUT2D eigenvalue weighted by Gasteiger charge is 2.50. The smallest absolute Gasteiger partial charge is 0.293 e. The van der Waals surface area contributed by atoms with Crippen LogP contribution in [0, 0.1) is 6.04 Å². The summed E-state index contributed by atoms with van der Waals surface area (Å²) in [6, 6.07) is 0.586. The lowest BCUT2D eigenvalue weighted by Crippen LogP contribution is -2.64. The zero-order chi connectivity index (χ0) is 10.8. The van der Waals surface area contributed by atoms with Gasteiger partial charge in [0.1, 0.15) is 0 Å². The van der Waals surface area contributed by atoms with E-state index in [0.29, 0.717) is 32.3 Å². The fourth-order valence-corrected chi connectivity index (χ4v) is 1.74. The van der Waals surface area contributed by atoms with Crippen molar-refractivity contribution in [2.45, 2.75) is 19.8 Å². The van der Waals surface area contributed by atoms with Gasteiger partial charge in [0.05, 0.1) is 13.2 Å². The number of Topliss-reactive ketones (excluding diaryl/α,β-unsaturated/α-hetero) is 1. The number of carbonyl (C=O) groups is 2. The van der Waals surface area contributed by atoms with Crippen LogP contribution in [0.4, 0.5) is 0 Å². The minimum Gasteiger partial charge on any atom is -0.317 e. The Morgan fingerprint density at radius 3 is 2.87 bits per heavy atom. The first-order chi connectivity index (χ1) is 7.24. The van der Waals surface area contributed by atoms with Crippen molar-refractivity contribution in [2.24, 2.45) is 0 Å². The van der Waals surface area contributed by atoms with Gasteiger partial charge in [0.15, 0.2) is 6.04 Å². The molecule has 2 fully saturated rings. The molecule has 2 heterocycles. The molecule has 0 unspecified atom stereocenters. The Morgan fingerprint density at radius 1 is 1.33 bits per heavy atom. The first kappa shape index (κ1) is 10.6. The molecule has 0 aromatic heterocycles. The molecule has 2 aliphatic rings. The van der Waals surface area contributed by atoms with Gasteiger partial charge in [0, 0.05) is 13.1 Å². The number of hydrogen-bond donors (Lipinski definition) is 0. The van der Waals surface area contributed by atoms with Crippen molar-refractivity contribution in [3.8, 4) is 0 Å². The monoisotopic (exact) mass is 211 g/mol. The van der Waals surface area contributed by atoms with Crippen LogP contribution in [0.3, 0.4) is 0 Å². The maximum absolute atomic E-state index is 11.2. The zero-order valence-corrected chi connectivity index (χ0v) is 8.86. The Morgan fingerprint density at radius 2 is 2.13 bits per heavy atom. The molecule has 1 radical (unpaired) electrons. The normalized spacial score (nSPS) is 22.9. The Bertz CT molecular complexity index is 280. The first-order valence-electron chi connectivity index (χ1n) is 5.34. The van der Waals surface area contributed by atoms with Crippen LogP contribution in [-0.4, -0.2) is 47.9 Å². The van der Waals surface area contributed by atoms with Gasteiger partial charge in [-0.3, -0.25) is 14.4 Å². The van der Waals surface area contributed by atoms with Gasteiger partial charge in [-0.05, 0) is 6.42 Å². The van der Waals surface area contributed by atoms with Crippen molar-refractivity contribution in [3.63, 3.8) is 0 Å². The van der Waals surface area contributed by atoms with E-state index in [2.05, 4.69) is 6.92 Å². The summed E-state index contributed by atoms with van der Waals surface area (Å²) in [6.07, 6.45) is 2.11. The molecule has 0 atom stereocenters. The van der Waals surface area contributed by atoms with Gasteiger partial charge in [-0.15, -0.1) is 0 Å². The maximum atomic E-state index is 11.2. The summed E-state index contributed by atoms with van der Waals surface area (Å²) < 4.78 is 0. The summed E-state index contributed by atoms with van der Waals surface area (Å²) in [5, 5.41) is 1.77. The van der Waals surface area contributed by atoms with Gasteiger partial charge in [-0.25, -0.2) is 0 Å². The molecule has 15 heavy (non-hydrogen) atoms. The predicted molar refractivity (Wildman–Crippen MR) is 52.4 cm³/mol. The van der Waals surface area contributed by atoms with E-state index in [0.717, 1.165) is 12.8 Å². The highest BCUT2D eigenvalue weighted by Crippen LogP contribution is 2.27. The van der Waals surface area contributed by atoms with Crippen LogP contribution in [0.25, 0.3) is 0 Å². The lowest BCUT2D eigenvalue weighted by molar-refractivity contribution is -0.190. The fraction of sp³-hybridized carbons (Fsp3) is 0.700. The molecule has 2 aliphatic heterocycles. The predicted octanol–water partition coefficient (Wildman–Crippen LogP) is -0.0230. The Labute approximate surface area is 88.9 Å². The second-order valence-electron chi connectivity index (χ2n) is 3.78. The summed E-state index contributed by atoms with van der Waals surface area (Å²) in [5.74, 6) is -0.711. The lowest BCUT2D eigenvalue weighted by Gasteiger charge is -2.44. The SMILES string of the molecule is CCCCON1CCN2[C](C1)C(=O)C2=O. The highest BCUT2D eigenvalue weighted by atomic mass is 16.7. The van der Waals surface area contributed by atoms with E-state index in [9.17, 15) is 9.59 Å². The van der Waals surface area contributed by atoms with E-state index >= 15 is 0 Å². The van der Waals surface area contributed by atoms with Gasteiger partial charge >= 0.3 is 0 Å². The second-order valence-corrected chi connectivity index (χ2v) is 3.78. The maximum Gasteiger partial charge on any atom is 0.293 e. The average Bonchev–Trinajstić information content (AvgIpc) is 2.28. The number of ketones is 1. The molecule has 5 heteroatoms. The topological polar surface area (TPSA) is 49.9 Å². The Hall–Kier alpha value is -0.940. The summed E-state index contributed by atoms with van der Waals surface area (Å²) in [5.41, 5.74) is 0. The molecule has 5 nitrogen and oxygen atoms in total. The number of carbonyl (C=O) groups excluding carboxylic acids is 2. The minimum atomic E-state index is -0.363. The van der Waals surface area contributed by atoms with Crippen molar-refractivity contribution in [3.05, 3.63) is 6.04 Å². The van der Waals surface area contributed by atoms with E-state index in [4.69, 9.17) is 4.84 Å².